The second-order valence-electron chi connectivity index (χ2n) is 15.6. The molecule has 11 heteroatoms. The van der Waals surface area contributed by atoms with Crippen LogP contribution in [-0.2, 0) is 38.3 Å². The van der Waals surface area contributed by atoms with E-state index in [1.54, 1.807) is 41.5 Å². The molecule has 2 atom stereocenters. The van der Waals surface area contributed by atoms with Crippen LogP contribution in [0, 0.1) is 23.7 Å². The van der Waals surface area contributed by atoms with Crippen molar-refractivity contribution in [1.29, 1.82) is 0 Å². The third kappa shape index (κ3) is 21.1. The minimum Gasteiger partial charge on any atom is -0.481 e. The van der Waals surface area contributed by atoms with Crippen LogP contribution in [0.15, 0.2) is 5.16 Å². The quantitative estimate of drug-likeness (QED) is 0.0542. The lowest BCUT2D eigenvalue weighted by molar-refractivity contribution is -0.162. The number of hydrogen-bond acceptors (Lipinski definition) is 9. The Kier molecular flexibility index (Phi) is 19.6. The average molecular weight is 681 g/mol. The Labute approximate surface area is 288 Å². The minimum absolute atomic E-state index is 0.0166. The third-order valence-corrected chi connectivity index (χ3v) is 8.72. The summed E-state index contributed by atoms with van der Waals surface area (Å²) >= 11 is 0. The van der Waals surface area contributed by atoms with Gasteiger partial charge >= 0.3 is 23.9 Å². The van der Waals surface area contributed by atoms with Gasteiger partial charge < -0.3 is 25.2 Å². The summed E-state index contributed by atoms with van der Waals surface area (Å²) in [7, 11) is 0. The van der Waals surface area contributed by atoms with E-state index in [0.29, 0.717) is 18.8 Å². The van der Waals surface area contributed by atoms with Crippen LogP contribution in [0.2, 0.25) is 0 Å². The fraction of sp³-hybridized carbons (Fsp3) is 0.838. The number of carbonyl (C=O) groups is 5. The second kappa shape index (κ2) is 21.9. The molecule has 3 N–H and O–H groups in total. The Hall–Kier alpha value is -2.98. The first kappa shape index (κ1) is 43.0. The van der Waals surface area contributed by atoms with Crippen molar-refractivity contribution in [2.75, 3.05) is 0 Å². The molecule has 2 aliphatic rings. The van der Waals surface area contributed by atoms with Crippen LogP contribution in [-0.4, -0.2) is 51.8 Å². The van der Waals surface area contributed by atoms with Crippen LogP contribution in [0.5, 0.6) is 0 Å². The van der Waals surface area contributed by atoms with Gasteiger partial charge in [-0.3, -0.25) is 19.2 Å². The Bertz CT molecular complexity index is 1050. The molecule has 2 rings (SSSR count). The monoisotopic (exact) mass is 680 g/mol. The molecule has 0 radical (unpaired) electrons. The Morgan fingerprint density at radius 2 is 1.10 bits per heavy atom. The van der Waals surface area contributed by atoms with Crippen LogP contribution >= 0.6 is 0 Å². The normalized spacial score (nSPS) is 17.7. The molecule has 2 fully saturated rings. The number of oxime groups is 1. The summed E-state index contributed by atoms with van der Waals surface area (Å²) in [6.45, 7) is 11.9. The highest BCUT2D eigenvalue weighted by Crippen LogP contribution is 2.30. The van der Waals surface area contributed by atoms with Gasteiger partial charge in [-0.25, -0.2) is 4.79 Å². The zero-order valence-corrected chi connectivity index (χ0v) is 30.8. The number of carboxylic acid groups (broad SMARTS) is 1. The van der Waals surface area contributed by atoms with Gasteiger partial charge in [-0.15, -0.1) is 0 Å². The molecular weight excluding hydrogens is 616 g/mol. The first-order valence-corrected chi connectivity index (χ1v) is 18.1. The summed E-state index contributed by atoms with van der Waals surface area (Å²) in [6, 6.07) is 0. The Morgan fingerprint density at radius 1 is 0.708 bits per heavy atom. The van der Waals surface area contributed by atoms with Gasteiger partial charge in [0.25, 0.3) is 0 Å². The highest BCUT2D eigenvalue weighted by Gasteiger charge is 2.28. The fourth-order valence-corrected chi connectivity index (χ4v) is 6.28. The van der Waals surface area contributed by atoms with Crippen molar-refractivity contribution in [3.05, 3.63) is 0 Å². The average Bonchev–Trinajstić information content (AvgIpc) is 2.98. The first-order chi connectivity index (χ1) is 22.4. The van der Waals surface area contributed by atoms with Crippen molar-refractivity contribution in [2.24, 2.45) is 34.6 Å². The van der Waals surface area contributed by atoms with Gasteiger partial charge in [0.15, 0.2) is 5.78 Å². The molecule has 0 bridgehead atoms. The molecule has 0 saturated heterocycles. The lowest BCUT2D eigenvalue weighted by Gasteiger charge is -2.23. The fourth-order valence-electron chi connectivity index (χ4n) is 6.28. The summed E-state index contributed by atoms with van der Waals surface area (Å²) in [5.41, 5.74) is 4.21. The predicted octanol–water partition coefficient (Wildman–Crippen LogP) is 7.66. The van der Waals surface area contributed by atoms with Gasteiger partial charge in [0.2, 0.25) is 5.84 Å². The van der Waals surface area contributed by atoms with Crippen molar-refractivity contribution >= 4 is 35.5 Å². The second-order valence-corrected chi connectivity index (χ2v) is 15.6. The molecule has 2 saturated carbocycles. The Balaban J connectivity index is 0.000000495. The number of carbonyl (C=O) groups excluding carboxylic acids is 4. The lowest BCUT2D eigenvalue weighted by atomic mass is 9.84. The molecule has 0 spiro atoms. The molecule has 0 aliphatic heterocycles. The number of rotatable bonds is 16. The summed E-state index contributed by atoms with van der Waals surface area (Å²) in [6.07, 6.45) is 17.7. The van der Waals surface area contributed by atoms with Gasteiger partial charge in [0.05, 0.1) is 24.7 Å². The SMILES string of the molecule is CC(=O)/C(N)=N\OC(=O)[C@H](CCCC1CCCCC1)CC(=O)OC(C)(C)C.CC(C)(C)OC(=O)C[C@@H](CCCC1CCCCC1)C(=O)O. The van der Waals surface area contributed by atoms with E-state index in [2.05, 4.69) is 5.16 Å². The number of nitrogens with zero attached hydrogens (tertiary/aromatic N) is 1. The standard InChI is InChI=1S/C20H34N2O5.C17H30O4/c1-14(23)18(21)22-27-19(25)16(13-17(24)26-20(2,3)4)12-8-11-15-9-6-5-7-10-15;1-17(2,3)21-15(18)12-14(16(19)20)11-7-10-13-8-5-4-6-9-13/h15-16H,5-13H2,1-4H3,(H2,21,22);13-14H,4-12H2,1-3H3,(H,19,20)/t16-;14-/m11/s1. The van der Waals surface area contributed by atoms with Crippen LogP contribution in [0.3, 0.4) is 0 Å². The first-order valence-electron chi connectivity index (χ1n) is 18.1. The van der Waals surface area contributed by atoms with Crippen molar-refractivity contribution in [3.8, 4) is 0 Å². The highest BCUT2D eigenvalue weighted by atomic mass is 16.7. The molecule has 48 heavy (non-hydrogen) atoms. The number of aliphatic carboxylic acids is 1. The van der Waals surface area contributed by atoms with E-state index in [-0.39, 0.29) is 18.7 Å². The van der Waals surface area contributed by atoms with E-state index in [1.807, 2.05) is 0 Å². The molecule has 0 heterocycles. The summed E-state index contributed by atoms with van der Waals surface area (Å²) in [4.78, 5) is 63.4. The van der Waals surface area contributed by atoms with Crippen LogP contribution in [0.1, 0.15) is 164 Å². The van der Waals surface area contributed by atoms with Crippen molar-refractivity contribution in [3.63, 3.8) is 0 Å². The number of amidine groups is 1. The molecule has 276 valence electrons. The van der Waals surface area contributed by atoms with E-state index >= 15 is 0 Å². The maximum atomic E-state index is 12.3. The van der Waals surface area contributed by atoms with Crippen molar-refractivity contribution < 1.29 is 43.4 Å². The third-order valence-electron chi connectivity index (χ3n) is 8.72. The van der Waals surface area contributed by atoms with Crippen molar-refractivity contribution in [1.82, 2.24) is 0 Å². The number of ketones is 1. The summed E-state index contributed by atoms with van der Waals surface area (Å²) in [5, 5.41) is 12.6. The topological polar surface area (TPSA) is 172 Å². The number of ether oxygens (including phenoxy) is 2. The van der Waals surface area contributed by atoms with Crippen LogP contribution < -0.4 is 5.73 Å². The number of esters is 2. The Morgan fingerprint density at radius 3 is 1.48 bits per heavy atom. The minimum atomic E-state index is -0.885. The molecule has 0 aromatic carbocycles. The van der Waals surface area contributed by atoms with Gasteiger partial charge in [-0.1, -0.05) is 95.0 Å². The lowest BCUT2D eigenvalue weighted by Crippen LogP contribution is -2.28. The van der Waals surface area contributed by atoms with E-state index in [9.17, 15) is 29.1 Å². The van der Waals surface area contributed by atoms with E-state index in [0.717, 1.165) is 31.6 Å². The molecule has 0 aromatic rings. The smallest absolute Gasteiger partial charge is 0.338 e. The number of hydrogen-bond donors (Lipinski definition) is 2. The van der Waals surface area contributed by atoms with Crippen molar-refractivity contribution in [2.45, 2.75) is 175 Å². The van der Waals surface area contributed by atoms with Gasteiger partial charge in [0.1, 0.15) is 11.2 Å². The molecule has 11 nitrogen and oxygen atoms in total. The largest absolute Gasteiger partial charge is 0.481 e. The van der Waals surface area contributed by atoms with E-state index < -0.39 is 52.7 Å². The maximum Gasteiger partial charge on any atom is 0.338 e. The van der Waals surface area contributed by atoms with E-state index in [4.69, 9.17) is 20.0 Å². The zero-order valence-electron chi connectivity index (χ0n) is 30.8. The predicted molar refractivity (Wildman–Crippen MR) is 185 cm³/mol. The van der Waals surface area contributed by atoms with Gasteiger partial charge in [-0.05, 0) is 66.2 Å². The molecular formula is C37H64N2O9. The molecule has 0 amide bonds. The summed E-state index contributed by atoms with van der Waals surface area (Å²) in [5.74, 6) is -3.07. The molecule has 0 aromatic heterocycles. The van der Waals surface area contributed by atoms with E-state index in [1.165, 1.54) is 71.1 Å². The molecule has 0 unspecified atom stereocenters. The number of Topliss-reactive ketones (excluding diaryl/α,β-unsaturated/α-hetero) is 1. The zero-order chi connectivity index (χ0) is 36.3. The number of carboxylic acids is 1. The molecule has 2 aliphatic carbocycles. The summed E-state index contributed by atoms with van der Waals surface area (Å²) < 4.78 is 10.5. The van der Waals surface area contributed by atoms with Crippen LogP contribution in [0.4, 0.5) is 0 Å². The van der Waals surface area contributed by atoms with Gasteiger partial charge in [-0.2, -0.15) is 0 Å². The highest BCUT2D eigenvalue weighted by molar-refractivity contribution is 6.37. The number of nitrogens with two attached hydrogens (primary N) is 1. The van der Waals surface area contributed by atoms with Crippen LogP contribution in [0.25, 0.3) is 0 Å². The van der Waals surface area contributed by atoms with Gasteiger partial charge in [0, 0.05) is 6.92 Å². The maximum absolute atomic E-state index is 12.3.